The summed E-state index contributed by atoms with van der Waals surface area (Å²) in [5.41, 5.74) is 1.75. The molecule has 8 nitrogen and oxygen atoms in total. The van der Waals surface area contributed by atoms with Crippen LogP contribution in [0.1, 0.15) is 36.6 Å². The summed E-state index contributed by atoms with van der Waals surface area (Å²) >= 11 is 0. The highest BCUT2D eigenvalue weighted by atomic mass is 16.6. The molecule has 0 saturated carbocycles. The summed E-state index contributed by atoms with van der Waals surface area (Å²) in [7, 11) is 1.56. The molecule has 2 aliphatic heterocycles. The average molecular weight is 516 g/mol. The number of carbonyl (C=O) groups excluding carboxylic acids is 2. The van der Waals surface area contributed by atoms with Crippen LogP contribution < -0.4 is 18.9 Å². The van der Waals surface area contributed by atoms with Crippen LogP contribution in [-0.2, 0) is 16.1 Å². The minimum absolute atomic E-state index is 0.000830. The van der Waals surface area contributed by atoms with E-state index in [1.807, 2.05) is 32.0 Å². The van der Waals surface area contributed by atoms with Crippen LogP contribution in [0.3, 0.4) is 0 Å². The third-order valence-corrected chi connectivity index (χ3v) is 6.46. The van der Waals surface area contributed by atoms with Crippen molar-refractivity contribution in [3.05, 3.63) is 89.0 Å². The van der Waals surface area contributed by atoms with Gasteiger partial charge in [0.25, 0.3) is 11.7 Å². The molecule has 196 valence electrons. The second kappa shape index (κ2) is 10.5. The van der Waals surface area contributed by atoms with Gasteiger partial charge >= 0.3 is 0 Å². The van der Waals surface area contributed by atoms with Gasteiger partial charge in [0.2, 0.25) is 0 Å². The number of aliphatic hydroxyl groups is 1. The summed E-state index contributed by atoms with van der Waals surface area (Å²) in [4.78, 5) is 28.3. The summed E-state index contributed by atoms with van der Waals surface area (Å²) < 4.78 is 22.5. The quantitative estimate of drug-likeness (QED) is 0.272. The molecule has 8 heteroatoms. The lowest BCUT2D eigenvalue weighted by atomic mass is 9.95. The smallest absolute Gasteiger partial charge is 0.295 e. The van der Waals surface area contributed by atoms with E-state index < -0.39 is 17.7 Å². The number of carbonyl (C=O) groups is 2. The van der Waals surface area contributed by atoms with Gasteiger partial charge in [-0.25, -0.2) is 0 Å². The number of likely N-dealkylation sites (tertiary alicyclic amines) is 1. The van der Waals surface area contributed by atoms with Gasteiger partial charge in [-0.05, 0) is 55.8 Å². The minimum atomic E-state index is -0.832. The van der Waals surface area contributed by atoms with E-state index in [2.05, 4.69) is 0 Å². The predicted molar refractivity (Wildman–Crippen MR) is 140 cm³/mol. The van der Waals surface area contributed by atoms with Gasteiger partial charge in [0.1, 0.15) is 30.5 Å². The second-order valence-corrected chi connectivity index (χ2v) is 9.33. The van der Waals surface area contributed by atoms with Gasteiger partial charge in [0, 0.05) is 11.1 Å². The lowest BCUT2D eigenvalue weighted by Gasteiger charge is -2.26. The Balaban J connectivity index is 1.61. The van der Waals surface area contributed by atoms with Gasteiger partial charge in [-0.2, -0.15) is 0 Å². The fourth-order valence-electron chi connectivity index (χ4n) is 4.75. The minimum Gasteiger partial charge on any atom is -0.507 e. The first-order valence-corrected chi connectivity index (χ1v) is 12.4. The van der Waals surface area contributed by atoms with E-state index in [0.29, 0.717) is 47.3 Å². The molecule has 1 fully saturated rings. The van der Waals surface area contributed by atoms with Crippen LogP contribution in [0.25, 0.3) is 5.76 Å². The van der Waals surface area contributed by atoms with Crippen molar-refractivity contribution >= 4 is 17.4 Å². The van der Waals surface area contributed by atoms with Crippen LogP contribution in [0.15, 0.2) is 72.3 Å². The Hall–Kier alpha value is -4.46. The topological polar surface area (TPSA) is 94.5 Å². The number of ether oxygens (including phenoxy) is 4. The number of Topliss-reactive ketones (excluding diaryl/α,β-unsaturated/α-hetero) is 1. The Bertz CT molecular complexity index is 1390. The summed E-state index contributed by atoms with van der Waals surface area (Å²) in [6.07, 6.45) is -0.00719. The summed E-state index contributed by atoms with van der Waals surface area (Å²) in [6, 6.07) is 18.6. The maximum atomic E-state index is 13.4. The van der Waals surface area contributed by atoms with Crippen molar-refractivity contribution in [2.24, 2.45) is 0 Å². The molecule has 1 saturated heterocycles. The molecular weight excluding hydrogens is 486 g/mol. The van der Waals surface area contributed by atoms with Crippen molar-refractivity contribution in [1.29, 1.82) is 0 Å². The largest absolute Gasteiger partial charge is 0.507 e. The lowest BCUT2D eigenvalue weighted by molar-refractivity contribution is -0.140. The molecule has 0 aliphatic carbocycles. The van der Waals surface area contributed by atoms with E-state index in [1.165, 1.54) is 4.90 Å². The van der Waals surface area contributed by atoms with E-state index in [-0.39, 0.29) is 24.0 Å². The van der Waals surface area contributed by atoms with Crippen LogP contribution in [0.2, 0.25) is 0 Å². The van der Waals surface area contributed by atoms with Crippen LogP contribution in [0.5, 0.6) is 23.0 Å². The van der Waals surface area contributed by atoms with E-state index in [4.69, 9.17) is 18.9 Å². The number of methoxy groups -OCH3 is 1. The highest BCUT2D eigenvalue weighted by Gasteiger charge is 2.46. The Kier molecular flexibility index (Phi) is 6.96. The van der Waals surface area contributed by atoms with E-state index in [1.54, 1.807) is 55.6 Å². The molecule has 0 aromatic heterocycles. The number of hydrogen-bond donors (Lipinski definition) is 1. The molecule has 38 heavy (non-hydrogen) atoms. The first-order chi connectivity index (χ1) is 18.4. The highest BCUT2D eigenvalue weighted by molar-refractivity contribution is 6.46. The number of ketones is 1. The lowest BCUT2D eigenvalue weighted by Crippen LogP contribution is -2.29. The molecule has 1 unspecified atom stereocenters. The molecule has 2 aliphatic rings. The van der Waals surface area contributed by atoms with Crippen molar-refractivity contribution in [2.45, 2.75) is 32.5 Å². The van der Waals surface area contributed by atoms with Crippen LogP contribution >= 0.6 is 0 Å². The maximum Gasteiger partial charge on any atom is 0.295 e. The number of aliphatic hydroxyl groups excluding tert-OH is 1. The normalized spacial score (nSPS) is 18.1. The van der Waals surface area contributed by atoms with Crippen molar-refractivity contribution in [3.8, 4) is 23.0 Å². The van der Waals surface area contributed by atoms with Crippen molar-refractivity contribution in [3.63, 3.8) is 0 Å². The average Bonchev–Trinajstić information content (AvgIpc) is 3.17. The maximum absolute atomic E-state index is 13.4. The fraction of sp³-hybridized carbons (Fsp3) is 0.267. The molecule has 3 aromatic carbocycles. The molecule has 1 atom stereocenters. The fourth-order valence-corrected chi connectivity index (χ4v) is 4.75. The first-order valence-electron chi connectivity index (χ1n) is 12.4. The zero-order valence-corrected chi connectivity index (χ0v) is 21.5. The van der Waals surface area contributed by atoms with Gasteiger partial charge < -0.3 is 29.0 Å². The Morgan fingerprint density at radius 3 is 2.42 bits per heavy atom. The van der Waals surface area contributed by atoms with Gasteiger partial charge in [-0.15, -0.1) is 0 Å². The van der Waals surface area contributed by atoms with Gasteiger partial charge in [-0.1, -0.05) is 30.3 Å². The first kappa shape index (κ1) is 25.2. The SMILES string of the molecule is COc1ccccc1CN1C(=O)C(=O)/C(=C(\O)c2ccc3c(c2)OCCO3)C1c1ccc(OC(C)C)cc1. The Labute approximate surface area is 221 Å². The Morgan fingerprint density at radius 2 is 1.71 bits per heavy atom. The number of rotatable bonds is 7. The van der Waals surface area contributed by atoms with Gasteiger partial charge in [0.15, 0.2) is 11.5 Å². The molecule has 0 spiro atoms. The number of hydrogen-bond acceptors (Lipinski definition) is 7. The van der Waals surface area contributed by atoms with Crippen LogP contribution in [0.4, 0.5) is 0 Å². The molecule has 2 heterocycles. The Morgan fingerprint density at radius 1 is 1.00 bits per heavy atom. The number of benzene rings is 3. The monoisotopic (exact) mass is 515 g/mol. The van der Waals surface area contributed by atoms with Gasteiger partial charge in [0.05, 0.1) is 31.4 Å². The molecular formula is C30H29NO7. The molecule has 3 aromatic rings. The van der Waals surface area contributed by atoms with E-state index in [0.717, 1.165) is 5.56 Å². The van der Waals surface area contributed by atoms with E-state index in [9.17, 15) is 14.7 Å². The predicted octanol–water partition coefficient (Wildman–Crippen LogP) is 4.88. The molecule has 0 radical (unpaired) electrons. The summed E-state index contributed by atoms with van der Waals surface area (Å²) in [6.45, 7) is 4.79. The number of nitrogens with zero attached hydrogens (tertiary/aromatic N) is 1. The zero-order valence-electron chi connectivity index (χ0n) is 21.5. The van der Waals surface area contributed by atoms with Crippen LogP contribution in [0, 0.1) is 0 Å². The zero-order chi connectivity index (χ0) is 26.8. The third kappa shape index (κ3) is 4.77. The van der Waals surface area contributed by atoms with E-state index >= 15 is 0 Å². The second-order valence-electron chi connectivity index (χ2n) is 9.33. The van der Waals surface area contributed by atoms with Crippen molar-refractivity contribution < 1.29 is 33.6 Å². The summed E-state index contributed by atoms with van der Waals surface area (Å²) in [5.74, 6) is 0.535. The third-order valence-electron chi connectivity index (χ3n) is 6.46. The number of para-hydroxylation sites is 1. The highest BCUT2D eigenvalue weighted by Crippen LogP contribution is 2.42. The molecule has 5 rings (SSSR count). The van der Waals surface area contributed by atoms with Crippen molar-refractivity contribution in [1.82, 2.24) is 4.90 Å². The molecule has 1 N–H and O–H groups in total. The summed E-state index contributed by atoms with van der Waals surface area (Å²) in [5, 5.41) is 11.4. The number of amides is 1. The standard InChI is InChI=1S/C30H29NO7/c1-18(2)38-22-11-8-19(9-12-22)27-26(28(32)20-10-13-24-25(16-20)37-15-14-36-24)29(33)30(34)31(27)17-21-6-4-5-7-23(21)35-3/h4-13,16,18,27,32H,14-15,17H2,1-3H3/b28-26-. The molecule has 0 bridgehead atoms. The van der Waals surface area contributed by atoms with Crippen LogP contribution in [-0.4, -0.2) is 48.1 Å². The van der Waals surface area contributed by atoms with Crippen molar-refractivity contribution in [2.75, 3.05) is 20.3 Å². The van der Waals surface area contributed by atoms with Gasteiger partial charge in [-0.3, -0.25) is 9.59 Å². The number of fused-ring (bicyclic) bond motifs is 1. The molecule has 1 amide bonds.